The van der Waals surface area contributed by atoms with Crippen molar-refractivity contribution in [1.82, 2.24) is 4.98 Å². The van der Waals surface area contributed by atoms with Gasteiger partial charge in [0.1, 0.15) is 5.60 Å². The molecule has 0 atom stereocenters. The zero-order chi connectivity index (χ0) is 9.90. The Morgan fingerprint density at radius 1 is 1.54 bits per heavy atom. The number of aromatic nitrogens is 1. The summed E-state index contributed by atoms with van der Waals surface area (Å²) in [6.07, 6.45) is 1.62. The fourth-order valence-electron chi connectivity index (χ4n) is 0.934. The summed E-state index contributed by atoms with van der Waals surface area (Å²) in [4.78, 5) is 4.15. The Hall–Kier alpha value is -1.40. The molecule has 1 rings (SSSR count). The van der Waals surface area contributed by atoms with Crippen LogP contribution in [0.4, 0.5) is 0 Å². The number of hydrogen-bond acceptors (Lipinski definition) is 3. The van der Waals surface area contributed by atoms with Crippen molar-refractivity contribution < 1.29 is 4.74 Å². The second-order valence-corrected chi connectivity index (χ2v) is 3.26. The van der Waals surface area contributed by atoms with Crippen molar-refractivity contribution in [3.8, 4) is 6.07 Å². The molecule has 0 N–H and O–H groups in total. The third kappa shape index (κ3) is 2.04. The van der Waals surface area contributed by atoms with E-state index < -0.39 is 5.60 Å². The van der Waals surface area contributed by atoms with Crippen molar-refractivity contribution in [3.05, 3.63) is 29.6 Å². The van der Waals surface area contributed by atoms with Crippen LogP contribution in [0.2, 0.25) is 0 Å². The van der Waals surface area contributed by atoms with Crippen LogP contribution in [0.3, 0.4) is 0 Å². The summed E-state index contributed by atoms with van der Waals surface area (Å²) < 4.78 is 5.25. The summed E-state index contributed by atoms with van der Waals surface area (Å²) in [5, 5.41) is 8.68. The highest BCUT2D eigenvalue weighted by atomic mass is 16.5. The molecular formula is C10H12N2O. The second-order valence-electron chi connectivity index (χ2n) is 3.26. The third-order valence-electron chi connectivity index (χ3n) is 2.02. The first-order chi connectivity index (χ1) is 6.10. The largest absolute Gasteiger partial charge is 0.373 e. The van der Waals surface area contributed by atoms with Gasteiger partial charge < -0.3 is 4.74 Å². The maximum atomic E-state index is 8.68. The van der Waals surface area contributed by atoms with Gasteiger partial charge in [-0.25, -0.2) is 0 Å². The molecule has 3 nitrogen and oxygen atoms in total. The van der Waals surface area contributed by atoms with E-state index in [-0.39, 0.29) is 0 Å². The fourth-order valence-corrected chi connectivity index (χ4v) is 0.934. The van der Waals surface area contributed by atoms with Gasteiger partial charge >= 0.3 is 0 Å². The molecule has 0 bridgehead atoms. The topological polar surface area (TPSA) is 45.9 Å². The minimum Gasteiger partial charge on any atom is -0.373 e. The van der Waals surface area contributed by atoms with Gasteiger partial charge in [-0.15, -0.1) is 0 Å². The Balaban J connectivity index is 3.10. The SMILES string of the molecule is COC(C)(C)c1cc(C#N)ccn1. The van der Waals surface area contributed by atoms with E-state index >= 15 is 0 Å². The lowest BCUT2D eigenvalue weighted by Crippen LogP contribution is -2.21. The predicted molar refractivity (Wildman–Crippen MR) is 49.0 cm³/mol. The molecule has 0 radical (unpaired) electrons. The number of methoxy groups -OCH3 is 1. The normalized spacial score (nSPS) is 10.9. The predicted octanol–water partition coefficient (Wildman–Crippen LogP) is 1.83. The highest BCUT2D eigenvalue weighted by Crippen LogP contribution is 2.21. The van der Waals surface area contributed by atoms with E-state index in [1.165, 1.54) is 0 Å². The minimum absolute atomic E-state index is 0.438. The van der Waals surface area contributed by atoms with E-state index in [1.807, 2.05) is 13.8 Å². The molecule has 0 aromatic carbocycles. The van der Waals surface area contributed by atoms with E-state index in [0.717, 1.165) is 5.69 Å². The molecule has 0 amide bonds. The van der Waals surface area contributed by atoms with Gasteiger partial charge in [0.15, 0.2) is 0 Å². The van der Waals surface area contributed by atoms with Crippen molar-refractivity contribution in [3.63, 3.8) is 0 Å². The van der Waals surface area contributed by atoms with Crippen molar-refractivity contribution >= 4 is 0 Å². The lowest BCUT2D eigenvalue weighted by molar-refractivity contribution is 0.0155. The number of ether oxygens (including phenoxy) is 1. The Kier molecular flexibility index (Phi) is 2.64. The summed E-state index contributed by atoms with van der Waals surface area (Å²) in [5.41, 5.74) is 0.941. The van der Waals surface area contributed by atoms with E-state index in [2.05, 4.69) is 11.1 Å². The summed E-state index contributed by atoms with van der Waals surface area (Å²) >= 11 is 0. The quantitative estimate of drug-likeness (QED) is 0.690. The molecule has 68 valence electrons. The van der Waals surface area contributed by atoms with Crippen molar-refractivity contribution in [2.24, 2.45) is 0 Å². The van der Waals surface area contributed by atoms with Crippen LogP contribution < -0.4 is 0 Å². The third-order valence-corrected chi connectivity index (χ3v) is 2.02. The zero-order valence-corrected chi connectivity index (χ0v) is 8.03. The van der Waals surface area contributed by atoms with E-state index in [9.17, 15) is 0 Å². The molecule has 3 heteroatoms. The van der Waals surface area contributed by atoms with Gasteiger partial charge in [0.2, 0.25) is 0 Å². The molecular weight excluding hydrogens is 164 g/mol. The summed E-state index contributed by atoms with van der Waals surface area (Å²) in [6, 6.07) is 5.48. The molecule has 0 aliphatic rings. The van der Waals surface area contributed by atoms with Gasteiger partial charge in [-0.2, -0.15) is 5.26 Å². The summed E-state index contributed by atoms with van der Waals surface area (Å²) in [5.74, 6) is 0. The Morgan fingerprint density at radius 3 is 2.77 bits per heavy atom. The second kappa shape index (κ2) is 3.55. The smallest absolute Gasteiger partial charge is 0.104 e. The van der Waals surface area contributed by atoms with Gasteiger partial charge in [0, 0.05) is 13.3 Å². The van der Waals surface area contributed by atoms with Gasteiger partial charge in [-0.1, -0.05) is 0 Å². The molecule has 13 heavy (non-hydrogen) atoms. The first kappa shape index (κ1) is 9.69. The average molecular weight is 176 g/mol. The first-order valence-corrected chi connectivity index (χ1v) is 4.02. The highest BCUT2D eigenvalue weighted by Gasteiger charge is 2.20. The molecule has 0 saturated carbocycles. The zero-order valence-electron chi connectivity index (χ0n) is 8.03. The summed E-state index contributed by atoms with van der Waals surface area (Å²) in [7, 11) is 1.63. The highest BCUT2D eigenvalue weighted by molar-refractivity contribution is 5.30. The number of rotatable bonds is 2. The van der Waals surface area contributed by atoms with Crippen LogP contribution in [0.15, 0.2) is 18.3 Å². The molecule has 1 heterocycles. The van der Waals surface area contributed by atoms with Crippen LogP contribution >= 0.6 is 0 Å². The van der Waals surface area contributed by atoms with Gasteiger partial charge in [0.05, 0.1) is 17.3 Å². The standard InChI is InChI=1S/C10H12N2O/c1-10(2,13-3)9-6-8(7-11)4-5-12-9/h4-6H,1-3H3. The first-order valence-electron chi connectivity index (χ1n) is 4.02. The van der Waals surface area contributed by atoms with Crippen LogP contribution in [0.25, 0.3) is 0 Å². The van der Waals surface area contributed by atoms with Gasteiger partial charge in [0.25, 0.3) is 0 Å². The van der Waals surface area contributed by atoms with Crippen LogP contribution in [0, 0.1) is 11.3 Å². The van der Waals surface area contributed by atoms with Crippen molar-refractivity contribution in [2.45, 2.75) is 19.4 Å². The van der Waals surface area contributed by atoms with Gasteiger partial charge in [-0.05, 0) is 26.0 Å². The number of pyridine rings is 1. The van der Waals surface area contributed by atoms with Crippen LogP contribution in [-0.2, 0) is 10.3 Å². The molecule has 0 unspecified atom stereocenters. The monoisotopic (exact) mass is 176 g/mol. The van der Waals surface area contributed by atoms with Crippen LogP contribution in [0.5, 0.6) is 0 Å². The molecule has 0 aliphatic heterocycles. The molecule has 0 fully saturated rings. The van der Waals surface area contributed by atoms with E-state index in [4.69, 9.17) is 10.00 Å². The lowest BCUT2D eigenvalue weighted by Gasteiger charge is -2.21. The minimum atomic E-state index is -0.438. The Morgan fingerprint density at radius 2 is 2.23 bits per heavy atom. The van der Waals surface area contributed by atoms with E-state index in [0.29, 0.717) is 5.56 Å². The molecule has 0 aliphatic carbocycles. The van der Waals surface area contributed by atoms with Crippen molar-refractivity contribution in [2.75, 3.05) is 7.11 Å². The summed E-state index contributed by atoms with van der Waals surface area (Å²) in [6.45, 7) is 3.83. The number of hydrogen-bond donors (Lipinski definition) is 0. The number of nitrogens with zero attached hydrogens (tertiary/aromatic N) is 2. The Bertz CT molecular complexity index is 339. The fraction of sp³-hybridized carbons (Fsp3) is 0.400. The maximum absolute atomic E-state index is 8.68. The van der Waals surface area contributed by atoms with E-state index in [1.54, 1.807) is 25.4 Å². The Labute approximate surface area is 78.0 Å². The molecule has 1 aromatic heterocycles. The van der Waals surface area contributed by atoms with Crippen LogP contribution in [0.1, 0.15) is 25.1 Å². The molecule has 1 aromatic rings. The molecule has 0 spiro atoms. The maximum Gasteiger partial charge on any atom is 0.104 e. The molecule has 0 saturated heterocycles. The van der Waals surface area contributed by atoms with Gasteiger partial charge in [-0.3, -0.25) is 4.98 Å². The van der Waals surface area contributed by atoms with Crippen molar-refractivity contribution in [1.29, 1.82) is 5.26 Å². The van der Waals surface area contributed by atoms with Crippen LogP contribution in [-0.4, -0.2) is 12.1 Å². The number of nitriles is 1. The average Bonchev–Trinajstić information content (AvgIpc) is 2.18. The lowest BCUT2D eigenvalue weighted by atomic mass is 10.0.